The first-order chi connectivity index (χ1) is 11.6. The van der Waals surface area contributed by atoms with Gasteiger partial charge in [0.25, 0.3) is 5.56 Å². The molecule has 4 aromatic rings. The van der Waals surface area contributed by atoms with Crippen LogP contribution in [0.1, 0.15) is 5.56 Å². The number of benzene rings is 2. The molecule has 2 heterocycles. The minimum atomic E-state index is -0.341. The van der Waals surface area contributed by atoms with Crippen molar-refractivity contribution in [3.63, 3.8) is 0 Å². The van der Waals surface area contributed by atoms with Crippen molar-refractivity contribution in [3.05, 3.63) is 79.3 Å². The van der Waals surface area contributed by atoms with E-state index in [0.717, 1.165) is 10.0 Å². The van der Waals surface area contributed by atoms with Gasteiger partial charge in [-0.15, -0.1) is 5.10 Å². The number of thiazole rings is 1. The maximum Gasteiger partial charge on any atom is 0.291 e. The Balaban J connectivity index is 1.85. The van der Waals surface area contributed by atoms with Gasteiger partial charge >= 0.3 is 0 Å². The van der Waals surface area contributed by atoms with Gasteiger partial charge in [0.15, 0.2) is 5.82 Å². The third kappa shape index (κ3) is 2.65. The number of halogens is 2. The van der Waals surface area contributed by atoms with Gasteiger partial charge in [0.2, 0.25) is 4.96 Å². The van der Waals surface area contributed by atoms with Gasteiger partial charge in [-0.3, -0.25) is 4.79 Å². The van der Waals surface area contributed by atoms with Crippen LogP contribution in [0, 0.1) is 5.82 Å². The fourth-order valence-corrected chi connectivity index (χ4v) is 3.71. The second-order valence-electron chi connectivity index (χ2n) is 5.08. The van der Waals surface area contributed by atoms with Crippen molar-refractivity contribution in [2.45, 2.75) is 0 Å². The lowest BCUT2D eigenvalue weighted by atomic mass is 10.2. The summed E-state index contributed by atoms with van der Waals surface area (Å²) in [5.41, 5.74) is 1.19. The summed E-state index contributed by atoms with van der Waals surface area (Å²) in [4.78, 5) is 17.4. The van der Waals surface area contributed by atoms with Gasteiger partial charge in [-0.25, -0.2) is 4.39 Å². The summed E-state index contributed by atoms with van der Waals surface area (Å²) in [6.07, 6.45) is 1.64. The quantitative estimate of drug-likeness (QED) is 0.517. The van der Waals surface area contributed by atoms with Crippen molar-refractivity contribution < 1.29 is 4.39 Å². The van der Waals surface area contributed by atoms with Crippen LogP contribution in [0.5, 0.6) is 0 Å². The molecule has 0 spiro atoms. The molecule has 0 N–H and O–H groups in total. The molecule has 118 valence electrons. The molecule has 0 saturated heterocycles. The van der Waals surface area contributed by atoms with E-state index < -0.39 is 0 Å². The van der Waals surface area contributed by atoms with Gasteiger partial charge in [0.05, 0.1) is 4.53 Å². The van der Waals surface area contributed by atoms with Gasteiger partial charge in [-0.1, -0.05) is 51.5 Å². The second kappa shape index (κ2) is 5.92. The molecule has 0 aliphatic rings. The predicted molar refractivity (Wildman–Crippen MR) is 95.5 cm³/mol. The zero-order valence-electron chi connectivity index (χ0n) is 12.1. The minimum absolute atomic E-state index is 0.259. The van der Waals surface area contributed by atoms with Crippen LogP contribution in [0.4, 0.5) is 4.39 Å². The Labute approximate surface area is 148 Å². The summed E-state index contributed by atoms with van der Waals surface area (Å²) >= 11 is 4.69. The topological polar surface area (TPSA) is 47.3 Å². The molecule has 0 unspecified atom stereocenters. The van der Waals surface area contributed by atoms with Gasteiger partial charge in [0, 0.05) is 10.0 Å². The molecule has 0 atom stereocenters. The summed E-state index contributed by atoms with van der Waals surface area (Å²) < 4.78 is 15.9. The number of aromatic nitrogens is 3. The van der Waals surface area contributed by atoms with Crippen molar-refractivity contribution >= 4 is 38.3 Å². The summed E-state index contributed by atoms with van der Waals surface area (Å²) in [6.45, 7) is 0. The molecule has 0 fully saturated rings. The van der Waals surface area contributed by atoms with E-state index >= 15 is 0 Å². The largest absolute Gasteiger partial charge is 0.291 e. The Kier molecular flexibility index (Phi) is 3.74. The van der Waals surface area contributed by atoms with Gasteiger partial charge in [0.1, 0.15) is 5.82 Å². The Bertz CT molecular complexity index is 1170. The number of fused-ring (bicyclic) bond motifs is 1. The fraction of sp³-hybridized carbons (Fsp3) is 0. The highest BCUT2D eigenvalue weighted by Gasteiger charge is 2.13. The van der Waals surface area contributed by atoms with Crippen LogP contribution in [0.25, 0.3) is 22.4 Å². The van der Waals surface area contributed by atoms with Crippen LogP contribution in [0.15, 0.2) is 57.8 Å². The number of nitrogens with zero attached hydrogens (tertiary/aromatic N) is 3. The van der Waals surface area contributed by atoms with Crippen LogP contribution in [0.3, 0.4) is 0 Å². The van der Waals surface area contributed by atoms with Crippen molar-refractivity contribution in [3.8, 4) is 11.4 Å². The van der Waals surface area contributed by atoms with Crippen LogP contribution in [-0.4, -0.2) is 14.6 Å². The summed E-state index contributed by atoms with van der Waals surface area (Å²) in [5, 5.41) is 4.30. The number of hydrogen-bond donors (Lipinski definition) is 0. The molecular weight excluding hydrogens is 393 g/mol. The van der Waals surface area contributed by atoms with Crippen molar-refractivity contribution in [2.75, 3.05) is 0 Å². The van der Waals surface area contributed by atoms with E-state index in [4.69, 9.17) is 0 Å². The second-order valence-corrected chi connectivity index (χ2v) is 6.94. The van der Waals surface area contributed by atoms with Crippen molar-refractivity contribution in [2.24, 2.45) is 0 Å². The van der Waals surface area contributed by atoms with Crippen LogP contribution in [-0.2, 0) is 0 Å². The zero-order chi connectivity index (χ0) is 16.7. The summed E-state index contributed by atoms with van der Waals surface area (Å²) in [6, 6.07) is 13.6. The van der Waals surface area contributed by atoms with E-state index in [1.807, 2.05) is 24.3 Å². The highest BCUT2D eigenvalue weighted by molar-refractivity contribution is 9.10. The van der Waals surface area contributed by atoms with E-state index in [2.05, 4.69) is 26.0 Å². The van der Waals surface area contributed by atoms with Crippen molar-refractivity contribution in [1.82, 2.24) is 14.6 Å². The maximum atomic E-state index is 13.3. The average molecular weight is 402 g/mol. The number of hydrogen-bond acceptors (Lipinski definition) is 4. The van der Waals surface area contributed by atoms with E-state index in [1.165, 1.54) is 28.0 Å². The van der Waals surface area contributed by atoms with Gasteiger partial charge < -0.3 is 0 Å². The first kappa shape index (κ1) is 15.2. The molecule has 4 rings (SSSR count). The average Bonchev–Trinajstić information content (AvgIpc) is 3.08. The standard InChI is InChI=1S/C17H9BrFN3OS/c18-13-7-2-1-6-12(13)15-20-17-22(21-15)16(23)14(24-17)9-10-4-3-5-11(19)8-10/h1-9H. The third-order valence-corrected chi connectivity index (χ3v) is 5.09. The van der Waals surface area contributed by atoms with Crippen LogP contribution >= 0.6 is 27.3 Å². The molecule has 0 aliphatic carbocycles. The molecular formula is C17H9BrFN3OS. The molecule has 0 bridgehead atoms. The molecule has 7 heteroatoms. The lowest BCUT2D eigenvalue weighted by molar-refractivity contribution is 0.627. The van der Waals surface area contributed by atoms with E-state index in [1.54, 1.807) is 18.2 Å². The van der Waals surface area contributed by atoms with E-state index in [0.29, 0.717) is 20.9 Å². The molecule has 0 aliphatic heterocycles. The Hall–Kier alpha value is -2.38. The predicted octanol–water partition coefficient (Wildman–Crippen LogP) is 3.27. The smallest absolute Gasteiger partial charge is 0.266 e. The first-order valence-electron chi connectivity index (χ1n) is 7.03. The zero-order valence-corrected chi connectivity index (χ0v) is 14.5. The Morgan fingerprint density at radius 2 is 2.00 bits per heavy atom. The Morgan fingerprint density at radius 1 is 1.17 bits per heavy atom. The highest BCUT2D eigenvalue weighted by atomic mass is 79.9. The lowest BCUT2D eigenvalue weighted by Gasteiger charge is -1.97. The monoisotopic (exact) mass is 401 g/mol. The van der Waals surface area contributed by atoms with Crippen molar-refractivity contribution in [1.29, 1.82) is 0 Å². The molecule has 0 amide bonds. The van der Waals surface area contributed by atoms with E-state index in [9.17, 15) is 9.18 Å². The molecule has 4 nitrogen and oxygen atoms in total. The van der Waals surface area contributed by atoms with Gasteiger partial charge in [-0.2, -0.15) is 9.50 Å². The molecule has 2 aromatic heterocycles. The SMILES string of the molecule is O=c1c(=Cc2cccc(F)c2)sc2nc(-c3ccccc3Br)nn12. The Morgan fingerprint density at radius 3 is 2.75 bits per heavy atom. The third-order valence-electron chi connectivity index (χ3n) is 3.44. The lowest BCUT2D eigenvalue weighted by Crippen LogP contribution is -2.23. The summed E-state index contributed by atoms with van der Waals surface area (Å²) in [7, 11) is 0. The van der Waals surface area contributed by atoms with E-state index in [-0.39, 0.29) is 11.4 Å². The molecule has 0 saturated carbocycles. The highest BCUT2D eigenvalue weighted by Crippen LogP contribution is 2.25. The normalized spacial score (nSPS) is 12.2. The number of rotatable bonds is 2. The molecule has 24 heavy (non-hydrogen) atoms. The summed E-state index contributed by atoms with van der Waals surface area (Å²) in [5.74, 6) is 0.148. The van der Waals surface area contributed by atoms with Gasteiger partial charge in [-0.05, 0) is 35.9 Å². The fourth-order valence-electron chi connectivity index (χ4n) is 2.34. The first-order valence-corrected chi connectivity index (χ1v) is 8.64. The van der Waals surface area contributed by atoms with Crippen LogP contribution < -0.4 is 10.1 Å². The maximum absolute atomic E-state index is 13.3. The minimum Gasteiger partial charge on any atom is -0.266 e. The molecule has 0 radical (unpaired) electrons. The van der Waals surface area contributed by atoms with Crippen LogP contribution in [0.2, 0.25) is 0 Å². The molecule has 2 aromatic carbocycles.